The van der Waals surface area contributed by atoms with Crippen LogP contribution in [0.3, 0.4) is 0 Å². The first-order valence-electron chi connectivity index (χ1n) is 5.89. The molecule has 0 atom stereocenters. The van der Waals surface area contributed by atoms with E-state index in [4.69, 9.17) is 0 Å². The van der Waals surface area contributed by atoms with Crippen LogP contribution in [0.1, 0.15) is 20.7 Å². The zero-order valence-electron chi connectivity index (χ0n) is 11.0. The van der Waals surface area contributed by atoms with Crippen molar-refractivity contribution < 1.29 is 18.7 Å². The Morgan fingerprint density at radius 2 is 1.90 bits per heavy atom. The van der Waals surface area contributed by atoms with Crippen LogP contribution in [0.15, 0.2) is 41.3 Å². The fourth-order valence-electron chi connectivity index (χ4n) is 1.61. The van der Waals surface area contributed by atoms with E-state index >= 15 is 0 Å². The molecule has 108 valence electrons. The zero-order chi connectivity index (χ0) is 15.4. The van der Waals surface area contributed by atoms with E-state index in [1.807, 2.05) is 0 Å². The Kier molecular flexibility index (Phi) is 4.13. The number of hydrogen-bond acceptors (Lipinski definition) is 4. The third-order valence-corrected chi connectivity index (χ3v) is 2.68. The predicted molar refractivity (Wildman–Crippen MR) is 72.8 cm³/mol. The van der Waals surface area contributed by atoms with Crippen LogP contribution in [-0.4, -0.2) is 24.0 Å². The molecule has 1 aromatic carbocycles. The quantitative estimate of drug-likeness (QED) is 0.839. The summed E-state index contributed by atoms with van der Waals surface area (Å²) >= 11 is 0. The highest BCUT2D eigenvalue weighted by molar-refractivity contribution is 6.04. The van der Waals surface area contributed by atoms with Crippen LogP contribution in [0, 0.1) is 5.82 Å². The van der Waals surface area contributed by atoms with Gasteiger partial charge in [-0.25, -0.2) is 9.18 Å². The minimum absolute atomic E-state index is 0.107. The van der Waals surface area contributed by atoms with Gasteiger partial charge in [0.2, 0.25) is 5.56 Å². The zero-order valence-corrected chi connectivity index (χ0v) is 11.0. The summed E-state index contributed by atoms with van der Waals surface area (Å²) < 4.78 is 18.2. The maximum Gasteiger partial charge on any atom is 0.337 e. The monoisotopic (exact) mass is 290 g/mol. The molecule has 0 radical (unpaired) electrons. The summed E-state index contributed by atoms with van der Waals surface area (Å²) in [5.74, 6) is -1.96. The number of methoxy groups -OCH3 is 1. The van der Waals surface area contributed by atoms with Gasteiger partial charge in [0.05, 0.1) is 23.9 Å². The Hall–Kier alpha value is -2.96. The summed E-state index contributed by atoms with van der Waals surface area (Å²) in [4.78, 5) is 36.5. The molecule has 0 fully saturated rings. The number of hydrogen-bond donors (Lipinski definition) is 2. The van der Waals surface area contributed by atoms with E-state index in [1.54, 1.807) is 0 Å². The van der Waals surface area contributed by atoms with E-state index in [9.17, 15) is 18.8 Å². The van der Waals surface area contributed by atoms with Crippen LogP contribution in [0.2, 0.25) is 0 Å². The van der Waals surface area contributed by atoms with Gasteiger partial charge in [-0.15, -0.1) is 0 Å². The van der Waals surface area contributed by atoms with Crippen molar-refractivity contribution in [2.75, 3.05) is 12.4 Å². The van der Waals surface area contributed by atoms with Crippen molar-refractivity contribution in [1.82, 2.24) is 4.98 Å². The first-order chi connectivity index (χ1) is 10.0. The second kappa shape index (κ2) is 6.00. The highest BCUT2D eigenvalue weighted by Gasteiger charge is 2.13. The third-order valence-electron chi connectivity index (χ3n) is 2.68. The van der Waals surface area contributed by atoms with Gasteiger partial charge in [-0.3, -0.25) is 9.59 Å². The fourth-order valence-corrected chi connectivity index (χ4v) is 1.61. The molecule has 2 N–H and O–H groups in total. The van der Waals surface area contributed by atoms with Crippen LogP contribution in [0.25, 0.3) is 0 Å². The number of pyridine rings is 1. The average Bonchev–Trinajstić information content (AvgIpc) is 2.49. The Labute approximate surface area is 118 Å². The molecular formula is C14H11FN2O4. The molecule has 0 aliphatic heterocycles. The van der Waals surface area contributed by atoms with Crippen molar-refractivity contribution >= 4 is 17.6 Å². The molecule has 0 saturated carbocycles. The number of esters is 1. The largest absolute Gasteiger partial charge is 0.465 e. The number of amides is 1. The number of aromatic amines is 1. The highest BCUT2D eigenvalue weighted by atomic mass is 19.1. The van der Waals surface area contributed by atoms with Gasteiger partial charge in [0, 0.05) is 12.3 Å². The SMILES string of the molecule is COC(=O)c1ccc(F)c(NC(=O)c2ccc(=O)[nH]c2)c1. The van der Waals surface area contributed by atoms with E-state index in [-0.39, 0.29) is 22.4 Å². The number of benzene rings is 1. The maximum atomic E-state index is 13.7. The Balaban J connectivity index is 2.26. The summed E-state index contributed by atoms with van der Waals surface area (Å²) in [7, 11) is 1.20. The second-order valence-electron chi connectivity index (χ2n) is 4.08. The number of carbonyl (C=O) groups excluding carboxylic acids is 2. The lowest BCUT2D eigenvalue weighted by molar-refractivity contribution is 0.0600. The van der Waals surface area contributed by atoms with Crippen molar-refractivity contribution in [3.63, 3.8) is 0 Å². The second-order valence-corrected chi connectivity index (χ2v) is 4.08. The van der Waals surface area contributed by atoms with Gasteiger partial charge >= 0.3 is 5.97 Å². The lowest BCUT2D eigenvalue weighted by atomic mass is 10.2. The number of halogens is 1. The third kappa shape index (κ3) is 3.33. The van der Waals surface area contributed by atoms with Crippen LogP contribution in [0.4, 0.5) is 10.1 Å². The topological polar surface area (TPSA) is 88.3 Å². The standard InChI is InChI=1S/C14H11FN2O4/c1-21-14(20)8-2-4-10(15)11(6-8)17-13(19)9-3-5-12(18)16-7-9/h2-7H,1H3,(H,16,18)(H,17,19). The number of aromatic nitrogens is 1. The number of nitrogens with one attached hydrogen (secondary N) is 2. The Bertz CT molecular complexity index is 734. The van der Waals surface area contributed by atoms with E-state index < -0.39 is 17.7 Å². The van der Waals surface area contributed by atoms with Crippen molar-refractivity contribution in [1.29, 1.82) is 0 Å². The van der Waals surface area contributed by atoms with Crippen LogP contribution < -0.4 is 10.9 Å². The summed E-state index contributed by atoms with van der Waals surface area (Å²) in [5, 5.41) is 2.32. The predicted octanol–water partition coefficient (Wildman–Crippen LogP) is 1.55. The molecule has 0 bridgehead atoms. The molecule has 21 heavy (non-hydrogen) atoms. The van der Waals surface area contributed by atoms with Crippen molar-refractivity contribution in [2.24, 2.45) is 0 Å². The van der Waals surface area contributed by atoms with Crippen molar-refractivity contribution in [3.8, 4) is 0 Å². The minimum atomic E-state index is -0.694. The van der Waals surface area contributed by atoms with E-state index in [0.29, 0.717) is 0 Å². The molecule has 7 heteroatoms. The molecule has 6 nitrogen and oxygen atoms in total. The van der Waals surface area contributed by atoms with E-state index in [1.165, 1.54) is 37.6 Å². The van der Waals surface area contributed by atoms with Crippen LogP contribution in [-0.2, 0) is 4.74 Å². The van der Waals surface area contributed by atoms with E-state index in [0.717, 1.165) is 6.07 Å². The maximum absolute atomic E-state index is 13.7. The summed E-state index contributed by atoms with van der Waals surface area (Å²) in [6.45, 7) is 0. The summed E-state index contributed by atoms with van der Waals surface area (Å²) in [5.41, 5.74) is -0.257. The van der Waals surface area contributed by atoms with Gasteiger partial charge in [0.15, 0.2) is 0 Å². The van der Waals surface area contributed by atoms with Gasteiger partial charge < -0.3 is 15.0 Å². The molecule has 1 heterocycles. The number of carbonyl (C=O) groups is 2. The minimum Gasteiger partial charge on any atom is -0.465 e. The molecule has 0 saturated heterocycles. The highest BCUT2D eigenvalue weighted by Crippen LogP contribution is 2.17. The van der Waals surface area contributed by atoms with Gasteiger partial charge in [-0.1, -0.05) is 0 Å². The molecule has 2 rings (SSSR count). The first kappa shape index (κ1) is 14.4. The fraction of sp³-hybridized carbons (Fsp3) is 0.0714. The first-order valence-corrected chi connectivity index (χ1v) is 5.89. The molecule has 0 aliphatic rings. The molecular weight excluding hydrogens is 279 g/mol. The van der Waals surface area contributed by atoms with Gasteiger partial charge in [0.1, 0.15) is 5.82 Å². The van der Waals surface area contributed by atoms with E-state index in [2.05, 4.69) is 15.0 Å². The summed E-state index contributed by atoms with van der Waals surface area (Å²) in [6, 6.07) is 5.95. The lowest BCUT2D eigenvalue weighted by Crippen LogP contribution is -2.16. The number of anilines is 1. The van der Waals surface area contributed by atoms with Gasteiger partial charge in [0.25, 0.3) is 5.91 Å². The average molecular weight is 290 g/mol. The number of ether oxygens (including phenoxy) is 1. The normalized spacial score (nSPS) is 10.0. The molecule has 1 amide bonds. The Morgan fingerprint density at radius 3 is 2.52 bits per heavy atom. The number of rotatable bonds is 3. The number of H-pyrrole nitrogens is 1. The Morgan fingerprint density at radius 1 is 1.19 bits per heavy atom. The van der Waals surface area contributed by atoms with Crippen molar-refractivity contribution in [3.05, 3.63) is 63.8 Å². The summed E-state index contributed by atoms with van der Waals surface area (Å²) in [6.07, 6.45) is 1.21. The van der Waals surface area contributed by atoms with Crippen molar-refractivity contribution in [2.45, 2.75) is 0 Å². The van der Waals surface area contributed by atoms with Crippen LogP contribution >= 0.6 is 0 Å². The molecule has 0 unspecified atom stereocenters. The molecule has 1 aromatic heterocycles. The van der Waals surface area contributed by atoms with Gasteiger partial charge in [-0.05, 0) is 24.3 Å². The molecule has 0 aliphatic carbocycles. The molecule has 2 aromatic rings. The lowest BCUT2D eigenvalue weighted by Gasteiger charge is -2.08. The smallest absolute Gasteiger partial charge is 0.337 e. The van der Waals surface area contributed by atoms with Crippen LogP contribution in [0.5, 0.6) is 0 Å². The molecule has 0 spiro atoms. The van der Waals surface area contributed by atoms with Gasteiger partial charge in [-0.2, -0.15) is 0 Å².